The summed E-state index contributed by atoms with van der Waals surface area (Å²) in [6.45, 7) is 0.999. The van der Waals surface area contributed by atoms with Crippen molar-refractivity contribution >= 4 is 0 Å². The molecule has 0 aliphatic carbocycles. The fourth-order valence-corrected chi connectivity index (χ4v) is 3.29. The predicted molar refractivity (Wildman–Crippen MR) is 98.0 cm³/mol. The summed E-state index contributed by atoms with van der Waals surface area (Å²) in [5.41, 5.74) is 0.660. The van der Waals surface area contributed by atoms with Gasteiger partial charge in [-0.15, -0.1) is 0 Å². The highest BCUT2D eigenvalue weighted by Crippen LogP contribution is 2.26. The molecule has 0 saturated carbocycles. The maximum atomic E-state index is 10.0. The van der Waals surface area contributed by atoms with E-state index in [0.29, 0.717) is 11.3 Å². The summed E-state index contributed by atoms with van der Waals surface area (Å²) in [6.07, 6.45) is -12.7. The lowest BCUT2D eigenvalue weighted by atomic mass is 9.99. The zero-order valence-corrected chi connectivity index (χ0v) is 16.3. The van der Waals surface area contributed by atoms with Crippen LogP contribution in [0.5, 0.6) is 5.75 Å². The third kappa shape index (κ3) is 4.92. The molecule has 2 fully saturated rings. The lowest BCUT2D eigenvalue weighted by molar-refractivity contribution is -0.304. The van der Waals surface area contributed by atoms with Gasteiger partial charge in [0.25, 0.3) is 0 Å². The quantitative estimate of drug-likeness (QED) is 0.247. The van der Waals surface area contributed by atoms with E-state index < -0.39 is 68.0 Å². The van der Waals surface area contributed by atoms with Crippen LogP contribution in [0.3, 0.4) is 0 Å². The number of rotatable bonds is 6. The molecule has 0 radical (unpaired) electrons. The van der Waals surface area contributed by atoms with Gasteiger partial charge in [-0.25, -0.2) is 0 Å². The van der Waals surface area contributed by atoms with Gasteiger partial charge < -0.3 is 54.7 Å². The van der Waals surface area contributed by atoms with Crippen LogP contribution in [0.2, 0.25) is 0 Å². The number of benzene rings is 1. The highest BCUT2D eigenvalue weighted by atomic mass is 16.7. The van der Waals surface area contributed by atoms with Gasteiger partial charge >= 0.3 is 0 Å². The van der Waals surface area contributed by atoms with Crippen LogP contribution in [-0.2, 0) is 20.8 Å². The van der Waals surface area contributed by atoms with E-state index in [9.17, 15) is 35.7 Å². The molecule has 2 saturated heterocycles. The molecular formula is C19H28O11. The normalized spacial score (nSPS) is 42.1. The van der Waals surface area contributed by atoms with Crippen molar-refractivity contribution in [2.45, 2.75) is 74.9 Å². The second-order valence-electron chi connectivity index (χ2n) is 7.45. The minimum atomic E-state index is -1.52. The summed E-state index contributed by atoms with van der Waals surface area (Å²) in [5.74, 6) is 0.339. The molecule has 7 N–H and O–H groups in total. The molecule has 11 heteroatoms. The summed E-state index contributed by atoms with van der Waals surface area (Å²) < 4.78 is 21.6. The number of aliphatic hydroxyl groups excluding tert-OH is 7. The Hall–Kier alpha value is -1.38. The van der Waals surface area contributed by atoms with Crippen LogP contribution in [0.15, 0.2) is 24.3 Å². The van der Waals surface area contributed by atoms with Gasteiger partial charge in [0.2, 0.25) is 6.29 Å². The van der Waals surface area contributed by atoms with Gasteiger partial charge in [0.15, 0.2) is 6.29 Å². The standard InChI is InChI=1S/C19H28O11/c1-8-12(21)14(23)17(26)19(28-8)29-10-4-2-9(3-5-10)7-27-18-16(25)15(24)13(22)11(6-20)30-18/h2-5,8,11-26H,6-7H2,1H3/t8?,11?,12-,13-,14+,15+,16?,17?,18-,19+/m1/s1. The monoisotopic (exact) mass is 432 g/mol. The molecule has 0 amide bonds. The Morgan fingerprint density at radius 2 is 1.37 bits per heavy atom. The number of ether oxygens (including phenoxy) is 4. The Morgan fingerprint density at radius 1 is 0.767 bits per heavy atom. The molecule has 2 aliphatic heterocycles. The van der Waals surface area contributed by atoms with E-state index in [1.807, 2.05) is 0 Å². The van der Waals surface area contributed by atoms with Gasteiger partial charge in [0, 0.05) is 0 Å². The summed E-state index contributed by atoms with van der Waals surface area (Å²) in [6, 6.07) is 6.43. The first-order valence-corrected chi connectivity index (χ1v) is 9.60. The van der Waals surface area contributed by atoms with Crippen LogP contribution in [0.25, 0.3) is 0 Å². The van der Waals surface area contributed by atoms with Gasteiger partial charge in [0.05, 0.1) is 19.3 Å². The number of hydrogen-bond donors (Lipinski definition) is 7. The van der Waals surface area contributed by atoms with Gasteiger partial charge in [-0.1, -0.05) is 12.1 Å². The summed E-state index contributed by atoms with van der Waals surface area (Å²) in [7, 11) is 0. The minimum absolute atomic E-state index is 0.00648. The van der Waals surface area contributed by atoms with Crippen LogP contribution in [-0.4, -0.2) is 104 Å². The van der Waals surface area contributed by atoms with Crippen LogP contribution in [0.4, 0.5) is 0 Å². The fraction of sp³-hybridized carbons (Fsp3) is 0.684. The average molecular weight is 432 g/mol. The Bertz CT molecular complexity index is 669. The van der Waals surface area contributed by atoms with Crippen LogP contribution < -0.4 is 4.74 Å². The highest BCUT2D eigenvalue weighted by Gasteiger charge is 2.44. The van der Waals surface area contributed by atoms with E-state index in [1.54, 1.807) is 31.2 Å². The first-order valence-electron chi connectivity index (χ1n) is 9.60. The van der Waals surface area contributed by atoms with E-state index in [0.717, 1.165) is 0 Å². The van der Waals surface area contributed by atoms with Crippen molar-refractivity contribution < 1.29 is 54.7 Å². The van der Waals surface area contributed by atoms with Crippen molar-refractivity contribution in [1.29, 1.82) is 0 Å². The van der Waals surface area contributed by atoms with Crippen molar-refractivity contribution in [1.82, 2.24) is 0 Å². The smallest absolute Gasteiger partial charge is 0.229 e. The molecule has 30 heavy (non-hydrogen) atoms. The Morgan fingerprint density at radius 3 is 2.00 bits per heavy atom. The molecule has 4 unspecified atom stereocenters. The summed E-state index contributed by atoms with van der Waals surface area (Å²) >= 11 is 0. The maximum Gasteiger partial charge on any atom is 0.229 e. The number of aliphatic hydroxyl groups is 7. The molecule has 170 valence electrons. The lowest BCUT2D eigenvalue weighted by Gasteiger charge is -2.39. The zero-order chi connectivity index (χ0) is 22.0. The Kier molecular flexibility index (Phi) is 7.63. The highest BCUT2D eigenvalue weighted by molar-refractivity contribution is 5.27. The molecule has 0 bridgehead atoms. The average Bonchev–Trinajstić information content (AvgIpc) is 2.75. The fourth-order valence-electron chi connectivity index (χ4n) is 3.29. The first-order chi connectivity index (χ1) is 14.2. The SMILES string of the molecule is CC1O[C@@H](Oc2ccc(CO[C@@H]3OC(CO)[C@@H](O)[C@H](O)C3O)cc2)C(O)[C@@H](O)[C@@H]1O. The molecule has 2 heterocycles. The minimum Gasteiger partial charge on any atom is -0.462 e. The molecule has 1 aromatic rings. The second kappa shape index (κ2) is 9.83. The molecule has 1 aromatic carbocycles. The van der Waals surface area contributed by atoms with E-state index in [-0.39, 0.29) is 6.61 Å². The maximum absolute atomic E-state index is 10.0. The zero-order valence-electron chi connectivity index (χ0n) is 16.3. The molecule has 3 rings (SSSR count). The molecule has 0 spiro atoms. The summed E-state index contributed by atoms with van der Waals surface area (Å²) in [4.78, 5) is 0. The Balaban J connectivity index is 1.55. The van der Waals surface area contributed by atoms with Crippen molar-refractivity contribution in [2.75, 3.05) is 6.61 Å². The van der Waals surface area contributed by atoms with E-state index >= 15 is 0 Å². The van der Waals surface area contributed by atoms with Crippen LogP contribution in [0.1, 0.15) is 12.5 Å². The van der Waals surface area contributed by atoms with Crippen LogP contribution >= 0.6 is 0 Å². The van der Waals surface area contributed by atoms with E-state index in [1.165, 1.54) is 0 Å². The number of hydrogen-bond acceptors (Lipinski definition) is 11. The third-order valence-electron chi connectivity index (χ3n) is 5.25. The molecule has 11 nitrogen and oxygen atoms in total. The Labute approximate surface area is 172 Å². The van der Waals surface area contributed by atoms with Gasteiger partial charge in [-0.2, -0.15) is 0 Å². The van der Waals surface area contributed by atoms with Gasteiger partial charge in [-0.05, 0) is 24.6 Å². The molecule has 10 atom stereocenters. The third-order valence-corrected chi connectivity index (χ3v) is 5.25. The van der Waals surface area contributed by atoms with Crippen molar-refractivity contribution in [3.63, 3.8) is 0 Å². The largest absolute Gasteiger partial charge is 0.462 e. The first kappa shape index (κ1) is 23.3. The van der Waals surface area contributed by atoms with Crippen molar-refractivity contribution in [3.8, 4) is 5.75 Å². The van der Waals surface area contributed by atoms with E-state index in [2.05, 4.69) is 0 Å². The molecular weight excluding hydrogens is 404 g/mol. The van der Waals surface area contributed by atoms with E-state index in [4.69, 9.17) is 18.9 Å². The molecule has 0 aromatic heterocycles. The van der Waals surface area contributed by atoms with Crippen molar-refractivity contribution in [3.05, 3.63) is 29.8 Å². The second-order valence-corrected chi connectivity index (χ2v) is 7.45. The topological polar surface area (TPSA) is 179 Å². The molecule has 2 aliphatic rings. The van der Waals surface area contributed by atoms with Gasteiger partial charge in [0.1, 0.15) is 48.5 Å². The van der Waals surface area contributed by atoms with Crippen molar-refractivity contribution in [2.24, 2.45) is 0 Å². The van der Waals surface area contributed by atoms with Crippen LogP contribution in [0, 0.1) is 0 Å². The lowest BCUT2D eigenvalue weighted by Crippen LogP contribution is -2.59. The predicted octanol–water partition coefficient (Wildman–Crippen LogP) is -2.79. The van der Waals surface area contributed by atoms with Gasteiger partial charge in [-0.3, -0.25) is 0 Å². The summed E-state index contributed by atoms with van der Waals surface area (Å²) in [5, 5.41) is 68.3.